The van der Waals surface area contributed by atoms with E-state index in [4.69, 9.17) is 14.2 Å². The second-order valence-corrected chi connectivity index (χ2v) is 8.84. The second-order valence-electron chi connectivity index (χ2n) is 8.84. The summed E-state index contributed by atoms with van der Waals surface area (Å²) < 4.78 is 17.4. The van der Waals surface area contributed by atoms with E-state index in [0.29, 0.717) is 32.7 Å². The average molecular weight is 455 g/mol. The summed E-state index contributed by atoms with van der Waals surface area (Å²) in [7, 11) is 1.63. The molecular formula is C26H34N2O5. The van der Waals surface area contributed by atoms with Crippen molar-refractivity contribution in [3.8, 4) is 5.75 Å². The van der Waals surface area contributed by atoms with Crippen LogP contribution in [0.1, 0.15) is 30.4 Å². The summed E-state index contributed by atoms with van der Waals surface area (Å²) in [6.07, 6.45) is 1.23. The Morgan fingerprint density at radius 3 is 2.73 bits per heavy atom. The fourth-order valence-electron chi connectivity index (χ4n) is 4.77. The number of β-amino-alcohol motifs (C(OH)–C–C–N with tert-alkyl or cyclic N) is 1. The van der Waals surface area contributed by atoms with Crippen molar-refractivity contribution < 1.29 is 24.1 Å². The highest BCUT2D eigenvalue weighted by Gasteiger charge is 2.38. The van der Waals surface area contributed by atoms with Gasteiger partial charge in [0.05, 0.1) is 45.1 Å². The van der Waals surface area contributed by atoms with E-state index < -0.39 is 6.10 Å². The summed E-state index contributed by atoms with van der Waals surface area (Å²) in [4.78, 5) is 14.9. The molecule has 2 N–H and O–H groups in total. The zero-order valence-corrected chi connectivity index (χ0v) is 19.2. The lowest BCUT2D eigenvalue weighted by Crippen LogP contribution is -2.55. The van der Waals surface area contributed by atoms with Gasteiger partial charge >= 0.3 is 0 Å². The number of carbonyl (C=O) groups excluding carboxylic acids is 1. The lowest BCUT2D eigenvalue weighted by atomic mass is 9.94. The average Bonchev–Trinajstić information content (AvgIpc) is 2.82. The van der Waals surface area contributed by atoms with Crippen LogP contribution in [0.15, 0.2) is 54.6 Å². The van der Waals surface area contributed by atoms with Gasteiger partial charge in [0.15, 0.2) is 0 Å². The van der Waals surface area contributed by atoms with Crippen LogP contribution in [0, 0.1) is 0 Å². The highest BCUT2D eigenvalue weighted by atomic mass is 16.5. The standard InChI is InChI=1S/C26H34N2O5/c1-31-24-10-6-5-9-20(24)14-27-26(30)13-22-11-12-23-25(33-22)18-32-17-21(29)16-28(23)15-19-7-3-2-4-8-19/h2-10,21-23,25,29H,11-18H2,1H3,(H,27,30)/t21-,22+,23-,25+/m1/s1. The Labute approximate surface area is 195 Å². The van der Waals surface area contributed by atoms with Crippen molar-refractivity contribution in [3.63, 3.8) is 0 Å². The van der Waals surface area contributed by atoms with E-state index in [9.17, 15) is 9.90 Å². The summed E-state index contributed by atoms with van der Waals surface area (Å²) >= 11 is 0. The fourth-order valence-corrected chi connectivity index (χ4v) is 4.77. The van der Waals surface area contributed by atoms with E-state index in [1.807, 2.05) is 42.5 Å². The number of para-hydroxylation sites is 1. The van der Waals surface area contributed by atoms with Gasteiger partial charge in [-0.15, -0.1) is 0 Å². The molecule has 0 unspecified atom stereocenters. The number of ether oxygens (including phenoxy) is 3. The van der Waals surface area contributed by atoms with Crippen molar-refractivity contribution in [3.05, 3.63) is 65.7 Å². The van der Waals surface area contributed by atoms with Gasteiger partial charge in [-0.1, -0.05) is 48.5 Å². The number of nitrogens with one attached hydrogen (secondary N) is 1. The third kappa shape index (κ3) is 6.54. The number of hydrogen-bond donors (Lipinski definition) is 2. The van der Waals surface area contributed by atoms with Gasteiger partial charge in [0.1, 0.15) is 5.75 Å². The van der Waals surface area contributed by atoms with E-state index >= 15 is 0 Å². The number of aliphatic hydroxyl groups is 1. The van der Waals surface area contributed by atoms with Crippen LogP contribution in [0.4, 0.5) is 0 Å². The van der Waals surface area contributed by atoms with Crippen LogP contribution in [-0.4, -0.2) is 67.1 Å². The maximum Gasteiger partial charge on any atom is 0.222 e. The maximum atomic E-state index is 12.6. The number of fused-ring (bicyclic) bond motifs is 1. The van der Waals surface area contributed by atoms with E-state index in [1.165, 1.54) is 5.56 Å². The molecule has 2 fully saturated rings. The predicted molar refractivity (Wildman–Crippen MR) is 125 cm³/mol. The Bertz CT molecular complexity index is 893. The molecule has 2 aliphatic heterocycles. The van der Waals surface area contributed by atoms with E-state index in [1.54, 1.807) is 7.11 Å². The molecule has 4 atom stereocenters. The summed E-state index contributed by atoms with van der Waals surface area (Å²) in [6.45, 7) is 2.44. The zero-order valence-electron chi connectivity index (χ0n) is 19.2. The molecule has 7 heteroatoms. The highest BCUT2D eigenvalue weighted by Crippen LogP contribution is 2.29. The molecule has 0 aliphatic carbocycles. The van der Waals surface area contributed by atoms with Crippen molar-refractivity contribution >= 4 is 5.91 Å². The van der Waals surface area contributed by atoms with Crippen molar-refractivity contribution in [1.82, 2.24) is 10.2 Å². The maximum absolute atomic E-state index is 12.6. The molecule has 7 nitrogen and oxygen atoms in total. The number of methoxy groups -OCH3 is 1. The zero-order chi connectivity index (χ0) is 23.0. The number of nitrogens with zero attached hydrogens (tertiary/aromatic N) is 1. The molecule has 0 aromatic heterocycles. The first-order chi connectivity index (χ1) is 16.1. The Balaban J connectivity index is 1.34. The van der Waals surface area contributed by atoms with Crippen LogP contribution < -0.4 is 10.1 Å². The van der Waals surface area contributed by atoms with Crippen LogP contribution in [0.3, 0.4) is 0 Å². The Kier molecular flexibility index (Phi) is 8.34. The predicted octanol–water partition coefficient (Wildman–Crippen LogP) is 2.51. The monoisotopic (exact) mass is 454 g/mol. The SMILES string of the molecule is COc1ccccc1CNC(=O)C[C@@H]1CC[C@@H]2[C@H](COC[C@H](O)CN2Cc2ccccc2)O1. The van der Waals surface area contributed by atoms with E-state index in [0.717, 1.165) is 30.7 Å². The van der Waals surface area contributed by atoms with Gasteiger partial charge in [-0.05, 0) is 24.5 Å². The summed E-state index contributed by atoms with van der Waals surface area (Å²) in [5.41, 5.74) is 2.16. The molecule has 2 aromatic carbocycles. The topological polar surface area (TPSA) is 80.3 Å². The van der Waals surface area contributed by atoms with Crippen molar-refractivity contribution in [2.75, 3.05) is 26.9 Å². The Morgan fingerprint density at radius 1 is 1.12 bits per heavy atom. The minimum absolute atomic E-state index is 0.0346. The minimum atomic E-state index is -0.520. The molecular weight excluding hydrogens is 420 g/mol. The van der Waals surface area contributed by atoms with Crippen molar-refractivity contribution in [2.24, 2.45) is 0 Å². The van der Waals surface area contributed by atoms with Crippen LogP contribution in [0.5, 0.6) is 5.75 Å². The van der Waals surface area contributed by atoms with Gasteiger partial charge in [0.25, 0.3) is 0 Å². The molecule has 178 valence electrons. The Hall–Kier alpha value is -2.45. The number of benzene rings is 2. The third-order valence-electron chi connectivity index (χ3n) is 6.40. The number of hydrogen-bond acceptors (Lipinski definition) is 6. The molecule has 2 saturated heterocycles. The smallest absolute Gasteiger partial charge is 0.222 e. The molecule has 2 heterocycles. The summed E-state index contributed by atoms with van der Waals surface area (Å²) in [5, 5.41) is 13.3. The Morgan fingerprint density at radius 2 is 1.91 bits per heavy atom. The lowest BCUT2D eigenvalue weighted by molar-refractivity contribution is -0.158. The molecule has 33 heavy (non-hydrogen) atoms. The second kappa shape index (κ2) is 11.6. The van der Waals surface area contributed by atoms with Gasteiger partial charge in [0.2, 0.25) is 5.91 Å². The number of aliphatic hydroxyl groups excluding tert-OH is 1. The van der Waals surface area contributed by atoms with Gasteiger partial charge in [0, 0.05) is 31.2 Å². The van der Waals surface area contributed by atoms with Crippen LogP contribution in [0.25, 0.3) is 0 Å². The van der Waals surface area contributed by atoms with Gasteiger partial charge in [-0.25, -0.2) is 0 Å². The van der Waals surface area contributed by atoms with Gasteiger partial charge in [-0.2, -0.15) is 0 Å². The molecule has 2 aliphatic rings. The quantitative estimate of drug-likeness (QED) is 0.669. The highest BCUT2D eigenvalue weighted by molar-refractivity contribution is 5.76. The number of amides is 1. The molecule has 0 spiro atoms. The van der Waals surface area contributed by atoms with Crippen LogP contribution >= 0.6 is 0 Å². The normalized spacial score (nSPS) is 26.0. The first kappa shape index (κ1) is 23.7. The summed E-state index contributed by atoms with van der Waals surface area (Å²) in [5.74, 6) is 0.731. The molecule has 0 bridgehead atoms. The van der Waals surface area contributed by atoms with E-state index in [2.05, 4.69) is 22.3 Å². The van der Waals surface area contributed by atoms with Crippen molar-refractivity contribution in [1.29, 1.82) is 0 Å². The van der Waals surface area contributed by atoms with Crippen molar-refractivity contribution in [2.45, 2.75) is 56.7 Å². The van der Waals surface area contributed by atoms with Gasteiger partial charge < -0.3 is 24.6 Å². The molecule has 1 amide bonds. The van der Waals surface area contributed by atoms with E-state index in [-0.39, 0.29) is 24.2 Å². The van der Waals surface area contributed by atoms with Crippen LogP contribution in [-0.2, 0) is 27.4 Å². The third-order valence-corrected chi connectivity index (χ3v) is 6.40. The lowest BCUT2D eigenvalue weighted by Gasteiger charge is -2.44. The minimum Gasteiger partial charge on any atom is -0.496 e. The fraction of sp³-hybridized carbons (Fsp3) is 0.500. The first-order valence-electron chi connectivity index (χ1n) is 11.7. The molecule has 0 saturated carbocycles. The molecule has 2 aromatic rings. The number of rotatable bonds is 7. The molecule has 0 radical (unpaired) electrons. The van der Waals surface area contributed by atoms with Gasteiger partial charge in [-0.3, -0.25) is 9.69 Å². The summed E-state index contributed by atoms with van der Waals surface area (Å²) in [6, 6.07) is 18.1. The van der Waals surface area contributed by atoms with Crippen LogP contribution in [0.2, 0.25) is 0 Å². The largest absolute Gasteiger partial charge is 0.496 e. The first-order valence-corrected chi connectivity index (χ1v) is 11.7. The molecule has 4 rings (SSSR count). The number of carbonyl (C=O) groups is 1.